The van der Waals surface area contributed by atoms with Gasteiger partial charge in [-0.3, -0.25) is 9.59 Å². The largest absolute Gasteiger partial charge is 0.352 e. The van der Waals surface area contributed by atoms with Gasteiger partial charge in [0.05, 0.1) is 17.1 Å². The van der Waals surface area contributed by atoms with Gasteiger partial charge in [-0.05, 0) is 32.9 Å². The summed E-state index contributed by atoms with van der Waals surface area (Å²) in [6, 6.07) is 10.5. The second kappa shape index (κ2) is 6.95. The lowest BCUT2D eigenvalue weighted by Crippen LogP contribution is -2.52. The number of hydrogen-bond donors (Lipinski definition) is 1. The maximum Gasteiger partial charge on any atom is 0.293 e. The van der Waals surface area contributed by atoms with E-state index < -0.39 is 6.04 Å². The monoisotopic (exact) mass is 379 g/mol. The molecule has 8 heteroatoms. The zero-order chi connectivity index (χ0) is 19.8. The van der Waals surface area contributed by atoms with Crippen LogP contribution < -0.4 is 5.32 Å². The van der Waals surface area contributed by atoms with Gasteiger partial charge in [-0.1, -0.05) is 23.4 Å². The molecule has 1 aliphatic rings. The molecule has 0 bridgehead atoms. The average Bonchev–Trinajstić information content (AvgIpc) is 3.25. The van der Waals surface area contributed by atoms with Crippen LogP contribution in [0.2, 0.25) is 0 Å². The molecule has 0 radical (unpaired) electrons. The van der Waals surface area contributed by atoms with Gasteiger partial charge in [0, 0.05) is 30.4 Å². The van der Waals surface area contributed by atoms with E-state index in [0.717, 1.165) is 16.9 Å². The molecule has 2 aromatic heterocycles. The minimum atomic E-state index is -0.774. The molecule has 0 spiro atoms. The molecule has 1 saturated heterocycles. The molecule has 1 atom stereocenters. The van der Waals surface area contributed by atoms with Gasteiger partial charge in [0.15, 0.2) is 0 Å². The van der Waals surface area contributed by atoms with E-state index in [1.54, 1.807) is 17.7 Å². The fourth-order valence-corrected chi connectivity index (χ4v) is 3.65. The first kappa shape index (κ1) is 18.0. The molecule has 2 amide bonds. The first-order valence-electron chi connectivity index (χ1n) is 9.11. The molecule has 3 heterocycles. The molecule has 1 aromatic carbocycles. The first-order chi connectivity index (χ1) is 13.5. The van der Waals surface area contributed by atoms with Crippen LogP contribution in [0.25, 0.3) is 5.69 Å². The zero-order valence-corrected chi connectivity index (χ0v) is 16.0. The molecule has 144 valence electrons. The Morgan fingerprint density at radius 1 is 1.21 bits per heavy atom. The number of carbonyl (C=O) groups is 2. The van der Waals surface area contributed by atoms with E-state index in [-0.39, 0.29) is 17.6 Å². The molecule has 28 heavy (non-hydrogen) atoms. The Morgan fingerprint density at radius 3 is 2.64 bits per heavy atom. The minimum absolute atomic E-state index is 0.128. The van der Waals surface area contributed by atoms with Crippen molar-refractivity contribution in [3.05, 3.63) is 64.8 Å². The lowest BCUT2D eigenvalue weighted by Gasteiger charge is -2.34. The van der Waals surface area contributed by atoms with Crippen LogP contribution in [0, 0.1) is 20.8 Å². The highest BCUT2D eigenvalue weighted by atomic mass is 16.5. The maximum absolute atomic E-state index is 13.0. The van der Waals surface area contributed by atoms with Crippen molar-refractivity contribution >= 4 is 11.8 Å². The molecule has 3 aromatic rings. The van der Waals surface area contributed by atoms with E-state index in [0.29, 0.717) is 24.5 Å². The summed E-state index contributed by atoms with van der Waals surface area (Å²) < 4.78 is 6.94. The summed E-state index contributed by atoms with van der Waals surface area (Å²) in [4.78, 5) is 27.4. The zero-order valence-electron chi connectivity index (χ0n) is 16.0. The molecule has 8 nitrogen and oxygen atoms in total. The summed E-state index contributed by atoms with van der Waals surface area (Å²) in [5.74, 6) is -0.454. The number of nitrogens with one attached hydrogen (secondary N) is 1. The van der Waals surface area contributed by atoms with Crippen LogP contribution >= 0.6 is 0 Å². The van der Waals surface area contributed by atoms with Crippen LogP contribution in [0.5, 0.6) is 0 Å². The van der Waals surface area contributed by atoms with Crippen LogP contribution in [0.3, 0.4) is 0 Å². The summed E-state index contributed by atoms with van der Waals surface area (Å²) in [7, 11) is 0. The fraction of sp³-hybridized carbons (Fsp3) is 0.300. The second-order valence-corrected chi connectivity index (χ2v) is 6.86. The van der Waals surface area contributed by atoms with Crippen molar-refractivity contribution in [2.45, 2.75) is 26.8 Å². The molecular formula is C20H21N5O3. The van der Waals surface area contributed by atoms with Crippen molar-refractivity contribution in [1.82, 2.24) is 25.2 Å². The standard InChI is InChI=1S/C20H21N5O3/c1-12-11-16(28-23-12)20(27)24-10-9-21-19(26)18(24)17-13(2)22-25(14(17)3)15-7-5-4-6-8-15/h4-8,11,18H,9-10H2,1-3H3,(H,21,26). The number of hydrogen-bond acceptors (Lipinski definition) is 5. The van der Waals surface area contributed by atoms with Gasteiger partial charge >= 0.3 is 0 Å². The van der Waals surface area contributed by atoms with Gasteiger partial charge in [0.1, 0.15) is 6.04 Å². The Kier molecular flexibility index (Phi) is 4.46. The summed E-state index contributed by atoms with van der Waals surface area (Å²) in [6.07, 6.45) is 0. The average molecular weight is 379 g/mol. The normalized spacial score (nSPS) is 16.9. The van der Waals surface area contributed by atoms with E-state index in [4.69, 9.17) is 4.52 Å². The number of nitrogens with zero attached hydrogens (tertiary/aromatic N) is 4. The van der Waals surface area contributed by atoms with Crippen molar-refractivity contribution in [2.75, 3.05) is 13.1 Å². The van der Waals surface area contributed by atoms with Gasteiger partial charge in [-0.25, -0.2) is 4.68 Å². The highest BCUT2D eigenvalue weighted by Crippen LogP contribution is 2.31. The number of rotatable bonds is 3. The molecule has 1 aliphatic heterocycles. The lowest BCUT2D eigenvalue weighted by atomic mass is 10.00. The minimum Gasteiger partial charge on any atom is -0.352 e. The number of piperazine rings is 1. The van der Waals surface area contributed by atoms with Crippen molar-refractivity contribution in [1.29, 1.82) is 0 Å². The Hall–Kier alpha value is -3.42. The smallest absolute Gasteiger partial charge is 0.293 e. The Balaban J connectivity index is 1.78. The highest BCUT2D eigenvalue weighted by Gasteiger charge is 2.39. The second-order valence-electron chi connectivity index (χ2n) is 6.86. The first-order valence-corrected chi connectivity index (χ1v) is 9.11. The van der Waals surface area contributed by atoms with Gasteiger partial charge in [0.25, 0.3) is 5.91 Å². The number of benzene rings is 1. The number of aryl methyl sites for hydroxylation is 2. The summed E-state index contributed by atoms with van der Waals surface area (Å²) in [5.41, 5.74) is 3.76. The Bertz CT molecular complexity index is 1040. The molecule has 1 fully saturated rings. The van der Waals surface area contributed by atoms with E-state index in [1.807, 2.05) is 44.2 Å². The number of aromatic nitrogens is 3. The summed E-state index contributed by atoms with van der Waals surface area (Å²) in [5, 5.41) is 11.3. The summed E-state index contributed by atoms with van der Waals surface area (Å²) in [6.45, 7) is 6.28. The maximum atomic E-state index is 13.0. The molecule has 0 saturated carbocycles. The predicted molar refractivity (Wildman–Crippen MR) is 101 cm³/mol. The van der Waals surface area contributed by atoms with Gasteiger partial charge < -0.3 is 14.7 Å². The SMILES string of the molecule is Cc1cc(C(=O)N2CCNC(=O)C2c2c(C)nn(-c3ccccc3)c2C)on1. The van der Waals surface area contributed by atoms with Crippen molar-refractivity contribution in [3.63, 3.8) is 0 Å². The van der Waals surface area contributed by atoms with Crippen molar-refractivity contribution in [3.8, 4) is 5.69 Å². The third-order valence-corrected chi connectivity index (χ3v) is 4.93. The Labute approximate surface area is 162 Å². The lowest BCUT2D eigenvalue weighted by molar-refractivity contribution is -0.128. The van der Waals surface area contributed by atoms with E-state index in [9.17, 15) is 9.59 Å². The fourth-order valence-electron chi connectivity index (χ4n) is 3.65. The summed E-state index contributed by atoms with van der Waals surface area (Å²) >= 11 is 0. The number of amides is 2. The third-order valence-electron chi connectivity index (χ3n) is 4.93. The topological polar surface area (TPSA) is 93.3 Å². The van der Waals surface area contributed by atoms with Gasteiger partial charge in [0.2, 0.25) is 11.7 Å². The quantitative estimate of drug-likeness (QED) is 0.752. The number of carbonyl (C=O) groups excluding carboxylic acids is 2. The van der Waals surface area contributed by atoms with Crippen LogP contribution in [0.4, 0.5) is 0 Å². The molecule has 1 unspecified atom stereocenters. The van der Waals surface area contributed by atoms with Crippen LogP contribution in [-0.4, -0.2) is 44.7 Å². The third kappa shape index (κ3) is 2.96. The van der Waals surface area contributed by atoms with Crippen molar-refractivity contribution in [2.24, 2.45) is 0 Å². The van der Waals surface area contributed by atoms with Crippen LogP contribution in [0.1, 0.15) is 39.2 Å². The number of para-hydroxylation sites is 1. The highest BCUT2D eigenvalue weighted by molar-refractivity contribution is 5.97. The molecule has 1 N–H and O–H groups in total. The van der Waals surface area contributed by atoms with Crippen LogP contribution in [0.15, 0.2) is 40.9 Å². The molecule has 0 aliphatic carbocycles. The van der Waals surface area contributed by atoms with Crippen molar-refractivity contribution < 1.29 is 14.1 Å². The Morgan fingerprint density at radius 2 is 1.96 bits per heavy atom. The predicted octanol–water partition coefficient (Wildman–Crippen LogP) is 2.10. The van der Waals surface area contributed by atoms with E-state index in [2.05, 4.69) is 15.6 Å². The van der Waals surface area contributed by atoms with Gasteiger partial charge in [-0.2, -0.15) is 5.10 Å². The van der Waals surface area contributed by atoms with Crippen LogP contribution in [-0.2, 0) is 4.79 Å². The molecular weight excluding hydrogens is 358 g/mol. The molecule has 4 rings (SSSR count). The van der Waals surface area contributed by atoms with E-state index >= 15 is 0 Å². The van der Waals surface area contributed by atoms with E-state index in [1.165, 1.54) is 4.90 Å². The van der Waals surface area contributed by atoms with Gasteiger partial charge in [-0.15, -0.1) is 0 Å².